The Bertz CT molecular complexity index is 409. The Hall–Kier alpha value is -1.35. The molecule has 0 atom stereocenters. The number of quaternary nitrogens is 1. The van der Waals surface area contributed by atoms with Gasteiger partial charge in [-0.2, -0.15) is 0 Å². The molecule has 0 fully saturated rings. The number of hydrogen-bond acceptors (Lipinski definition) is 2. The molecule has 0 spiro atoms. The maximum Gasteiger partial charge on any atom is 0.0786 e. The van der Waals surface area contributed by atoms with Gasteiger partial charge in [0.25, 0.3) is 0 Å². The van der Waals surface area contributed by atoms with Crippen molar-refractivity contribution in [2.24, 2.45) is 0 Å². The highest BCUT2D eigenvalue weighted by atomic mass is 16.4. The zero-order valence-electron chi connectivity index (χ0n) is 16.9. The van der Waals surface area contributed by atoms with E-state index in [1.54, 1.807) is 18.2 Å². The molecule has 1 aromatic rings. The highest BCUT2D eigenvalue weighted by Crippen LogP contribution is 2.15. The predicted octanol–water partition coefficient (Wildman–Crippen LogP) is 4.66. The Labute approximate surface area is 155 Å². The SMILES string of the molecule is CCCC[N+](CCC)(CCCC)CCCC.O=C([O-])c1ccccc1. The topological polar surface area (TPSA) is 40.1 Å². The molecule has 1 aromatic carbocycles. The molecule has 0 radical (unpaired) electrons. The Balaban J connectivity index is 0.000000535. The van der Waals surface area contributed by atoms with E-state index in [1.807, 2.05) is 0 Å². The number of hydrogen-bond donors (Lipinski definition) is 0. The number of rotatable bonds is 12. The van der Waals surface area contributed by atoms with Gasteiger partial charge in [-0.25, -0.2) is 0 Å². The molecule has 0 unspecified atom stereocenters. The number of carboxylic acid groups (broad SMARTS) is 1. The van der Waals surface area contributed by atoms with Crippen molar-refractivity contribution < 1.29 is 14.4 Å². The lowest BCUT2D eigenvalue weighted by Gasteiger charge is -2.39. The molecule has 0 saturated heterocycles. The summed E-state index contributed by atoms with van der Waals surface area (Å²) in [4.78, 5) is 10.1. The van der Waals surface area contributed by atoms with E-state index in [0.717, 1.165) is 0 Å². The standard InChI is InChI=1S/C15H34N.C7H6O2/c1-5-9-13-16(12-8-4,14-10-6-2)15-11-7-3;8-7(9)6-4-2-1-3-5-6/h5-15H2,1-4H3;1-5H,(H,8,9)/q+1;/p-1. The summed E-state index contributed by atoms with van der Waals surface area (Å²) in [5, 5.41) is 10.1. The first-order valence-corrected chi connectivity index (χ1v) is 10.2. The summed E-state index contributed by atoms with van der Waals surface area (Å²) in [6.07, 6.45) is 9.62. The third-order valence-electron chi connectivity index (χ3n) is 4.67. The largest absolute Gasteiger partial charge is 0.545 e. The van der Waals surface area contributed by atoms with Gasteiger partial charge in [0, 0.05) is 0 Å². The number of carbonyl (C=O) groups excluding carboxylic acids is 1. The number of nitrogens with zero attached hydrogens (tertiary/aromatic N) is 1. The zero-order valence-corrected chi connectivity index (χ0v) is 16.9. The van der Waals surface area contributed by atoms with Crippen molar-refractivity contribution in [3.63, 3.8) is 0 Å². The fourth-order valence-corrected chi connectivity index (χ4v) is 3.20. The normalized spacial score (nSPS) is 10.9. The maximum atomic E-state index is 10.1. The van der Waals surface area contributed by atoms with Crippen LogP contribution in [0.3, 0.4) is 0 Å². The van der Waals surface area contributed by atoms with Crippen LogP contribution in [0.15, 0.2) is 30.3 Å². The molecule has 0 N–H and O–H groups in total. The lowest BCUT2D eigenvalue weighted by Crippen LogP contribution is -2.50. The van der Waals surface area contributed by atoms with Crippen LogP contribution in [0, 0.1) is 0 Å². The van der Waals surface area contributed by atoms with E-state index in [4.69, 9.17) is 0 Å². The molecule has 0 aliphatic heterocycles. The molecule has 0 aromatic heterocycles. The minimum atomic E-state index is -1.13. The van der Waals surface area contributed by atoms with Crippen molar-refractivity contribution in [2.45, 2.75) is 72.6 Å². The smallest absolute Gasteiger partial charge is 0.0786 e. The van der Waals surface area contributed by atoms with Crippen molar-refractivity contribution in [1.82, 2.24) is 0 Å². The second-order valence-electron chi connectivity index (χ2n) is 6.95. The Morgan fingerprint density at radius 2 is 1.20 bits per heavy atom. The summed E-state index contributed by atoms with van der Waals surface area (Å²) in [6.45, 7) is 15.0. The van der Waals surface area contributed by atoms with Gasteiger partial charge in [0.15, 0.2) is 0 Å². The molecule has 25 heavy (non-hydrogen) atoms. The van der Waals surface area contributed by atoms with Crippen LogP contribution in [0.1, 0.15) is 83.0 Å². The third kappa shape index (κ3) is 11.0. The molecule has 0 aliphatic carbocycles. The molecule has 3 nitrogen and oxygen atoms in total. The lowest BCUT2D eigenvalue weighted by molar-refractivity contribution is -0.928. The molecular weight excluding hydrogens is 310 g/mol. The van der Waals surface area contributed by atoms with Crippen molar-refractivity contribution in [3.8, 4) is 0 Å². The van der Waals surface area contributed by atoms with Crippen molar-refractivity contribution in [3.05, 3.63) is 35.9 Å². The Kier molecular flexibility index (Phi) is 14.1. The Morgan fingerprint density at radius 1 is 0.760 bits per heavy atom. The van der Waals surface area contributed by atoms with Gasteiger partial charge in [-0.3, -0.25) is 0 Å². The minimum Gasteiger partial charge on any atom is -0.545 e. The quantitative estimate of drug-likeness (QED) is 0.515. The number of benzene rings is 1. The molecule has 0 bridgehead atoms. The molecule has 3 heteroatoms. The average Bonchev–Trinajstić information content (AvgIpc) is 2.64. The van der Waals surface area contributed by atoms with Gasteiger partial charge in [-0.1, -0.05) is 77.3 Å². The van der Waals surface area contributed by atoms with Crippen LogP contribution in [-0.4, -0.2) is 36.6 Å². The molecule has 0 amide bonds. The van der Waals surface area contributed by atoms with Crippen LogP contribution >= 0.6 is 0 Å². The summed E-state index contributed by atoms with van der Waals surface area (Å²) in [5.74, 6) is -1.13. The first kappa shape index (κ1) is 23.6. The summed E-state index contributed by atoms with van der Waals surface area (Å²) in [7, 11) is 0. The molecular formula is C22H39NO2. The summed E-state index contributed by atoms with van der Waals surface area (Å²) in [5.41, 5.74) is 0.220. The van der Waals surface area contributed by atoms with E-state index in [9.17, 15) is 9.90 Å². The highest BCUT2D eigenvalue weighted by molar-refractivity contribution is 5.85. The number of carboxylic acids is 1. The lowest BCUT2D eigenvalue weighted by atomic mass is 10.1. The van der Waals surface area contributed by atoms with Gasteiger partial charge in [-0.05, 0) is 31.2 Å². The molecule has 144 valence electrons. The van der Waals surface area contributed by atoms with E-state index in [2.05, 4.69) is 27.7 Å². The van der Waals surface area contributed by atoms with Crippen LogP contribution in [0.5, 0.6) is 0 Å². The van der Waals surface area contributed by atoms with E-state index < -0.39 is 5.97 Å². The predicted molar refractivity (Wildman–Crippen MR) is 106 cm³/mol. The van der Waals surface area contributed by atoms with Crippen molar-refractivity contribution >= 4 is 5.97 Å². The molecule has 1 rings (SSSR count). The minimum absolute atomic E-state index is 0.220. The monoisotopic (exact) mass is 349 g/mol. The first-order chi connectivity index (χ1) is 12.0. The summed E-state index contributed by atoms with van der Waals surface area (Å²) in [6, 6.07) is 8.06. The number of unbranched alkanes of at least 4 members (excludes halogenated alkanes) is 3. The van der Waals surface area contributed by atoms with E-state index in [-0.39, 0.29) is 5.56 Å². The van der Waals surface area contributed by atoms with Gasteiger partial charge in [0.05, 0.1) is 32.1 Å². The van der Waals surface area contributed by atoms with E-state index >= 15 is 0 Å². The molecule has 0 aliphatic rings. The van der Waals surface area contributed by atoms with Crippen LogP contribution < -0.4 is 5.11 Å². The van der Waals surface area contributed by atoms with Crippen LogP contribution in [0.4, 0.5) is 0 Å². The summed E-state index contributed by atoms with van der Waals surface area (Å²) >= 11 is 0. The van der Waals surface area contributed by atoms with E-state index in [1.165, 1.54) is 87.7 Å². The number of carbonyl (C=O) groups is 1. The van der Waals surface area contributed by atoms with Gasteiger partial charge < -0.3 is 14.4 Å². The zero-order chi connectivity index (χ0) is 19.0. The number of aromatic carboxylic acids is 1. The van der Waals surface area contributed by atoms with Gasteiger partial charge in [0.2, 0.25) is 0 Å². The summed E-state index contributed by atoms with van der Waals surface area (Å²) < 4.78 is 1.41. The Morgan fingerprint density at radius 3 is 1.48 bits per heavy atom. The van der Waals surface area contributed by atoms with Crippen LogP contribution in [-0.2, 0) is 0 Å². The maximum absolute atomic E-state index is 10.1. The van der Waals surface area contributed by atoms with E-state index in [0.29, 0.717) is 0 Å². The van der Waals surface area contributed by atoms with Crippen molar-refractivity contribution in [2.75, 3.05) is 26.2 Å². The van der Waals surface area contributed by atoms with Crippen LogP contribution in [0.2, 0.25) is 0 Å². The second kappa shape index (κ2) is 14.9. The van der Waals surface area contributed by atoms with Gasteiger partial charge in [-0.15, -0.1) is 0 Å². The first-order valence-electron chi connectivity index (χ1n) is 10.2. The van der Waals surface area contributed by atoms with Crippen molar-refractivity contribution in [1.29, 1.82) is 0 Å². The van der Waals surface area contributed by atoms with Gasteiger partial charge >= 0.3 is 0 Å². The van der Waals surface area contributed by atoms with Gasteiger partial charge in [0.1, 0.15) is 0 Å². The molecule has 0 saturated carbocycles. The fraction of sp³-hybridized carbons (Fsp3) is 0.682. The third-order valence-corrected chi connectivity index (χ3v) is 4.67. The molecule has 0 heterocycles. The highest BCUT2D eigenvalue weighted by Gasteiger charge is 2.24. The average molecular weight is 350 g/mol. The fourth-order valence-electron chi connectivity index (χ4n) is 3.20. The van der Waals surface area contributed by atoms with Crippen LogP contribution in [0.25, 0.3) is 0 Å². The second-order valence-corrected chi connectivity index (χ2v) is 6.95.